The third kappa shape index (κ3) is 3.39. The van der Waals surface area contributed by atoms with E-state index in [4.69, 9.17) is 0 Å². The van der Waals surface area contributed by atoms with Crippen LogP contribution in [0, 0.1) is 19.7 Å². The van der Waals surface area contributed by atoms with Gasteiger partial charge in [0.15, 0.2) is 0 Å². The molecule has 0 aliphatic heterocycles. The molecule has 0 fully saturated rings. The zero-order chi connectivity index (χ0) is 14.5. The first-order chi connectivity index (χ1) is 9.61. The summed E-state index contributed by atoms with van der Waals surface area (Å²) >= 11 is 0. The molecule has 2 rings (SSSR count). The molecule has 106 valence electrons. The normalized spacial score (nSPS) is 12.4. The predicted molar refractivity (Wildman–Crippen MR) is 78.0 cm³/mol. The quantitative estimate of drug-likeness (QED) is 0.908. The SMILES string of the molecule is CCCNC(c1ccc(C)c(F)c1)c1ccnc(C)n1. The third-order valence-electron chi connectivity index (χ3n) is 3.22. The molecule has 1 N–H and O–H groups in total. The molecule has 2 aromatic rings. The molecule has 0 radical (unpaired) electrons. The summed E-state index contributed by atoms with van der Waals surface area (Å²) < 4.78 is 13.8. The standard InChI is InChI=1S/C16H20FN3/c1-4-8-19-16(15-7-9-18-12(3)20-15)13-6-5-11(2)14(17)10-13/h5-7,9-10,16,19H,4,8H2,1-3H3. The van der Waals surface area contributed by atoms with Crippen molar-refractivity contribution in [3.8, 4) is 0 Å². The van der Waals surface area contributed by atoms with Crippen molar-refractivity contribution in [3.05, 3.63) is 58.9 Å². The van der Waals surface area contributed by atoms with Crippen LogP contribution in [0.1, 0.15) is 42.0 Å². The van der Waals surface area contributed by atoms with Crippen LogP contribution in [0.5, 0.6) is 0 Å². The minimum atomic E-state index is -0.184. The molecule has 1 heterocycles. The summed E-state index contributed by atoms with van der Waals surface area (Å²) in [6, 6.07) is 7.10. The molecular formula is C16H20FN3. The Morgan fingerprint density at radius 1 is 1.25 bits per heavy atom. The second-order valence-corrected chi connectivity index (χ2v) is 4.92. The van der Waals surface area contributed by atoms with Gasteiger partial charge in [0, 0.05) is 6.20 Å². The molecule has 0 spiro atoms. The first kappa shape index (κ1) is 14.6. The molecule has 20 heavy (non-hydrogen) atoms. The number of nitrogens with zero attached hydrogens (tertiary/aromatic N) is 2. The topological polar surface area (TPSA) is 37.8 Å². The first-order valence-corrected chi connectivity index (χ1v) is 6.90. The van der Waals surface area contributed by atoms with Gasteiger partial charge in [-0.25, -0.2) is 14.4 Å². The van der Waals surface area contributed by atoms with E-state index in [9.17, 15) is 4.39 Å². The summed E-state index contributed by atoms with van der Waals surface area (Å²) in [7, 11) is 0. The van der Waals surface area contributed by atoms with Crippen LogP contribution in [-0.2, 0) is 0 Å². The van der Waals surface area contributed by atoms with Gasteiger partial charge < -0.3 is 5.32 Å². The van der Waals surface area contributed by atoms with Crippen molar-refractivity contribution in [3.63, 3.8) is 0 Å². The number of aryl methyl sites for hydroxylation is 2. The van der Waals surface area contributed by atoms with Crippen molar-refractivity contribution in [2.75, 3.05) is 6.54 Å². The highest BCUT2D eigenvalue weighted by atomic mass is 19.1. The molecule has 0 amide bonds. The van der Waals surface area contributed by atoms with Gasteiger partial charge >= 0.3 is 0 Å². The van der Waals surface area contributed by atoms with E-state index in [0.29, 0.717) is 5.56 Å². The van der Waals surface area contributed by atoms with Crippen molar-refractivity contribution in [1.29, 1.82) is 0 Å². The molecule has 0 saturated heterocycles. The van der Waals surface area contributed by atoms with E-state index < -0.39 is 0 Å². The lowest BCUT2D eigenvalue weighted by atomic mass is 10.0. The van der Waals surface area contributed by atoms with Crippen molar-refractivity contribution >= 4 is 0 Å². The lowest BCUT2D eigenvalue weighted by molar-refractivity contribution is 0.571. The molecule has 1 aromatic carbocycles. The van der Waals surface area contributed by atoms with E-state index >= 15 is 0 Å². The van der Waals surface area contributed by atoms with Crippen LogP contribution in [0.15, 0.2) is 30.5 Å². The Bertz CT molecular complexity index is 584. The molecule has 3 nitrogen and oxygen atoms in total. The Morgan fingerprint density at radius 2 is 2.05 bits per heavy atom. The number of halogens is 1. The molecule has 0 aliphatic carbocycles. The minimum absolute atomic E-state index is 0.105. The van der Waals surface area contributed by atoms with Gasteiger partial charge in [-0.15, -0.1) is 0 Å². The van der Waals surface area contributed by atoms with E-state index in [1.54, 1.807) is 25.3 Å². The monoisotopic (exact) mass is 273 g/mol. The maximum atomic E-state index is 13.8. The van der Waals surface area contributed by atoms with E-state index in [1.807, 2.05) is 19.1 Å². The number of rotatable bonds is 5. The fourth-order valence-corrected chi connectivity index (χ4v) is 2.11. The number of hydrogen-bond acceptors (Lipinski definition) is 3. The van der Waals surface area contributed by atoms with Crippen molar-refractivity contribution in [1.82, 2.24) is 15.3 Å². The Kier molecular flexibility index (Phi) is 4.79. The summed E-state index contributed by atoms with van der Waals surface area (Å²) in [4.78, 5) is 8.57. The zero-order valence-electron chi connectivity index (χ0n) is 12.2. The molecule has 1 aromatic heterocycles. The molecule has 0 aliphatic rings. The van der Waals surface area contributed by atoms with Crippen LogP contribution in [0.25, 0.3) is 0 Å². The van der Waals surface area contributed by atoms with E-state index in [1.165, 1.54) is 0 Å². The van der Waals surface area contributed by atoms with Gasteiger partial charge in [-0.2, -0.15) is 0 Å². The Labute approximate surface area is 119 Å². The second-order valence-electron chi connectivity index (χ2n) is 4.92. The first-order valence-electron chi connectivity index (χ1n) is 6.90. The van der Waals surface area contributed by atoms with Gasteiger partial charge in [-0.3, -0.25) is 0 Å². The fourth-order valence-electron chi connectivity index (χ4n) is 2.11. The van der Waals surface area contributed by atoms with Gasteiger partial charge in [0.05, 0.1) is 11.7 Å². The third-order valence-corrected chi connectivity index (χ3v) is 3.22. The van der Waals surface area contributed by atoms with Crippen LogP contribution in [-0.4, -0.2) is 16.5 Å². The maximum Gasteiger partial charge on any atom is 0.126 e. The van der Waals surface area contributed by atoms with Gasteiger partial charge in [0.1, 0.15) is 11.6 Å². The largest absolute Gasteiger partial charge is 0.305 e. The van der Waals surface area contributed by atoms with E-state index in [2.05, 4.69) is 22.2 Å². The second kappa shape index (κ2) is 6.57. The summed E-state index contributed by atoms with van der Waals surface area (Å²) in [5.74, 6) is 0.537. The van der Waals surface area contributed by atoms with Crippen LogP contribution in [0.2, 0.25) is 0 Å². The Hall–Kier alpha value is -1.81. The highest BCUT2D eigenvalue weighted by molar-refractivity contribution is 5.31. The average molecular weight is 273 g/mol. The smallest absolute Gasteiger partial charge is 0.126 e. The summed E-state index contributed by atoms with van der Waals surface area (Å²) in [6.45, 7) is 6.58. The highest BCUT2D eigenvalue weighted by Gasteiger charge is 2.16. The highest BCUT2D eigenvalue weighted by Crippen LogP contribution is 2.22. The molecule has 1 atom stereocenters. The Balaban J connectivity index is 2.38. The van der Waals surface area contributed by atoms with Crippen molar-refractivity contribution < 1.29 is 4.39 Å². The van der Waals surface area contributed by atoms with Gasteiger partial charge in [-0.1, -0.05) is 19.1 Å². The molecule has 0 bridgehead atoms. The Morgan fingerprint density at radius 3 is 2.70 bits per heavy atom. The summed E-state index contributed by atoms with van der Waals surface area (Å²) in [6.07, 6.45) is 2.75. The van der Waals surface area contributed by atoms with E-state index in [0.717, 1.165) is 30.0 Å². The van der Waals surface area contributed by atoms with Crippen molar-refractivity contribution in [2.45, 2.75) is 33.2 Å². The lowest BCUT2D eigenvalue weighted by Crippen LogP contribution is -2.24. The van der Waals surface area contributed by atoms with Crippen LogP contribution in [0.4, 0.5) is 4.39 Å². The molecule has 4 heteroatoms. The number of benzene rings is 1. The maximum absolute atomic E-state index is 13.8. The van der Waals surface area contributed by atoms with Crippen LogP contribution >= 0.6 is 0 Å². The van der Waals surface area contributed by atoms with Gasteiger partial charge in [0.25, 0.3) is 0 Å². The lowest BCUT2D eigenvalue weighted by Gasteiger charge is -2.19. The predicted octanol–water partition coefficient (Wildman–Crippen LogP) is 3.32. The van der Waals surface area contributed by atoms with Gasteiger partial charge in [-0.05, 0) is 50.1 Å². The number of nitrogens with one attached hydrogen (secondary N) is 1. The fraction of sp³-hybridized carbons (Fsp3) is 0.375. The molecule has 0 saturated carbocycles. The van der Waals surface area contributed by atoms with Gasteiger partial charge in [0.2, 0.25) is 0 Å². The van der Waals surface area contributed by atoms with Crippen molar-refractivity contribution in [2.24, 2.45) is 0 Å². The summed E-state index contributed by atoms with van der Waals surface area (Å²) in [5.41, 5.74) is 2.41. The van der Waals surface area contributed by atoms with E-state index in [-0.39, 0.29) is 11.9 Å². The average Bonchev–Trinajstić information content (AvgIpc) is 2.43. The molecule has 1 unspecified atom stereocenters. The number of aromatic nitrogens is 2. The zero-order valence-corrected chi connectivity index (χ0v) is 12.2. The number of hydrogen-bond donors (Lipinski definition) is 1. The van der Waals surface area contributed by atoms with Crippen LogP contribution in [0.3, 0.4) is 0 Å². The van der Waals surface area contributed by atoms with Crippen LogP contribution < -0.4 is 5.32 Å². The summed E-state index contributed by atoms with van der Waals surface area (Å²) in [5, 5.41) is 3.42. The minimum Gasteiger partial charge on any atom is -0.305 e. The molecular weight excluding hydrogens is 253 g/mol.